The molecular formula is C82H137NO8. The summed E-state index contributed by atoms with van der Waals surface area (Å²) in [4.78, 5) is 37.6. The molecular weight excluding hydrogens is 1130 g/mol. The summed E-state index contributed by atoms with van der Waals surface area (Å²) >= 11 is 0. The van der Waals surface area contributed by atoms with Gasteiger partial charge in [-0.3, -0.25) is 9.59 Å². The van der Waals surface area contributed by atoms with E-state index in [1.165, 1.54) is 148 Å². The SMILES string of the molecule is CC/C=C\C/C=C\C/C=C\C/C=C\C/C=C\C/C=C\C/C=C\CCCCCCCCCCCCCCCC(=O)OC(COC(=O)CCCCCCCCCCCCCCCCC/C=C\C/C=C\C/C=C\C/C=C\C/C=C\CC)COC(OCC[N+](C)(C)C)C(=O)[O-]. The highest BCUT2D eigenvalue weighted by Crippen LogP contribution is 2.17. The molecule has 0 aliphatic carbocycles. The molecule has 0 heterocycles. The largest absolute Gasteiger partial charge is 0.545 e. The van der Waals surface area contributed by atoms with Crippen LogP contribution in [0.1, 0.15) is 296 Å². The van der Waals surface area contributed by atoms with Crippen LogP contribution < -0.4 is 5.11 Å². The van der Waals surface area contributed by atoms with E-state index in [9.17, 15) is 19.5 Å². The fourth-order valence-electron chi connectivity index (χ4n) is 10.0. The number of quaternary nitrogens is 1. The van der Waals surface area contributed by atoms with Gasteiger partial charge >= 0.3 is 11.9 Å². The van der Waals surface area contributed by atoms with Crippen LogP contribution in [0.15, 0.2) is 146 Å². The smallest absolute Gasteiger partial charge is 0.306 e. The van der Waals surface area contributed by atoms with Gasteiger partial charge in [-0.25, -0.2) is 0 Å². The molecule has 0 spiro atoms. The Morgan fingerprint density at radius 2 is 0.593 bits per heavy atom. The van der Waals surface area contributed by atoms with Crippen LogP contribution in [-0.2, 0) is 33.3 Å². The molecule has 0 aliphatic rings. The highest BCUT2D eigenvalue weighted by molar-refractivity contribution is 5.70. The average molecular weight is 1260 g/mol. The first-order chi connectivity index (χ1) is 44.6. The van der Waals surface area contributed by atoms with Crippen LogP contribution >= 0.6 is 0 Å². The molecule has 91 heavy (non-hydrogen) atoms. The van der Waals surface area contributed by atoms with Gasteiger partial charge < -0.3 is 33.3 Å². The Hall–Kier alpha value is -4.83. The number of rotatable bonds is 67. The number of esters is 2. The number of hydrogen-bond donors (Lipinski definition) is 0. The zero-order chi connectivity index (χ0) is 66.1. The third kappa shape index (κ3) is 72.5. The normalized spacial score (nSPS) is 13.5. The van der Waals surface area contributed by atoms with E-state index in [2.05, 4.69) is 160 Å². The minimum Gasteiger partial charge on any atom is -0.545 e. The summed E-state index contributed by atoms with van der Waals surface area (Å²) < 4.78 is 22.8. The second kappa shape index (κ2) is 71.0. The van der Waals surface area contributed by atoms with Crippen molar-refractivity contribution in [2.45, 2.75) is 309 Å². The van der Waals surface area contributed by atoms with E-state index in [0.717, 1.165) is 116 Å². The van der Waals surface area contributed by atoms with Crippen molar-refractivity contribution in [1.29, 1.82) is 0 Å². The minimum atomic E-state index is -1.63. The molecule has 0 bridgehead atoms. The lowest BCUT2D eigenvalue weighted by Crippen LogP contribution is -2.44. The summed E-state index contributed by atoms with van der Waals surface area (Å²) in [6.07, 6.45) is 101. The van der Waals surface area contributed by atoms with Gasteiger partial charge in [0, 0.05) is 12.8 Å². The molecule has 0 radical (unpaired) electrons. The third-order valence-corrected chi connectivity index (χ3v) is 15.6. The maximum Gasteiger partial charge on any atom is 0.306 e. The van der Waals surface area contributed by atoms with E-state index in [4.69, 9.17) is 18.9 Å². The van der Waals surface area contributed by atoms with Gasteiger partial charge in [-0.2, -0.15) is 0 Å². The molecule has 0 aliphatic heterocycles. The van der Waals surface area contributed by atoms with Gasteiger partial charge in [0.25, 0.3) is 0 Å². The molecule has 9 nitrogen and oxygen atoms in total. The maximum atomic E-state index is 13.0. The number of ether oxygens (including phenoxy) is 4. The molecule has 2 unspecified atom stereocenters. The summed E-state index contributed by atoms with van der Waals surface area (Å²) in [6.45, 7) is 4.53. The predicted octanol–water partition coefficient (Wildman–Crippen LogP) is 22.1. The Labute approximate surface area is 560 Å². The van der Waals surface area contributed by atoms with Crippen molar-refractivity contribution in [2.75, 3.05) is 47.5 Å². The Kier molecular flexibility index (Phi) is 67.3. The van der Waals surface area contributed by atoms with Gasteiger partial charge in [-0.1, -0.05) is 314 Å². The lowest BCUT2D eigenvalue weighted by atomic mass is 10.0. The van der Waals surface area contributed by atoms with E-state index in [1.54, 1.807) is 0 Å². The molecule has 0 rings (SSSR count). The van der Waals surface area contributed by atoms with Gasteiger partial charge in [0.2, 0.25) is 0 Å². The van der Waals surface area contributed by atoms with Crippen molar-refractivity contribution >= 4 is 17.9 Å². The summed E-state index contributed by atoms with van der Waals surface area (Å²) in [6, 6.07) is 0. The van der Waals surface area contributed by atoms with Gasteiger partial charge in [0.15, 0.2) is 12.4 Å². The Bertz CT molecular complexity index is 2010. The van der Waals surface area contributed by atoms with Gasteiger partial charge in [0.05, 0.1) is 40.3 Å². The van der Waals surface area contributed by atoms with Gasteiger partial charge in [0.1, 0.15) is 13.2 Å². The van der Waals surface area contributed by atoms with Gasteiger partial charge in [-0.05, 0) is 116 Å². The van der Waals surface area contributed by atoms with Crippen LogP contribution in [0.4, 0.5) is 0 Å². The number of carboxylic acid groups (broad SMARTS) is 1. The molecule has 0 aromatic rings. The van der Waals surface area contributed by atoms with Crippen LogP contribution in [0.3, 0.4) is 0 Å². The topological polar surface area (TPSA) is 111 Å². The number of unbranched alkanes of at least 4 members (excludes halogenated alkanes) is 28. The molecule has 0 amide bonds. The van der Waals surface area contributed by atoms with Gasteiger partial charge in [-0.15, -0.1) is 0 Å². The van der Waals surface area contributed by atoms with Crippen molar-refractivity contribution in [3.05, 3.63) is 146 Å². The van der Waals surface area contributed by atoms with Crippen LogP contribution in [-0.4, -0.2) is 82.3 Å². The number of carbonyl (C=O) groups is 3. The second-order valence-corrected chi connectivity index (χ2v) is 25.5. The molecule has 0 fully saturated rings. The summed E-state index contributed by atoms with van der Waals surface area (Å²) in [7, 11) is 5.93. The van der Waals surface area contributed by atoms with Crippen LogP contribution in [0.25, 0.3) is 0 Å². The predicted molar refractivity (Wildman–Crippen MR) is 389 cm³/mol. The van der Waals surface area contributed by atoms with E-state index < -0.39 is 24.3 Å². The van der Waals surface area contributed by atoms with Crippen molar-refractivity contribution < 1.29 is 42.9 Å². The number of nitrogens with zero attached hydrogens (tertiary/aromatic N) is 1. The zero-order valence-corrected chi connectivity index (χ0v) is 59.2. The number of allylic oxidation sites excluding steroid dienone is 24. The molecule has 2 atom stereocenters. The van der Waals surface area contributed by atoms with Crippen LogP contribution in [0.5, 0.6) is 0 Å². The Morgan fingerprint density at radius 3 is 0.879 bits per heavy atom. The summed E-state index contributed by atoms with van der Waals surface area (Å²) in [5, 5.41) is 11.8. The zero-order valence-electron chi connectivity index (χ0n) is 59.2. The third-order valence-electron chi connectivity index (χ3n) is 15.6. The highest BCUT2D eigenvalue weighted by atomic mass is 16.7. The monoisotopic (exact) mass is 1260 g/mol. The highest BCUT2D eigenvalue weighted by Gasteiger charge is 2.22. The molecule has 0 aromatic heterocycles. The quantitative estimate of drug-likeness (QED) is 0.0195. The van der Waals surface area contributed by atoms with Crippen molar-refractivity contribution in [1.82, 2.24) is 0 Å². The first-order valence-corrected chi connectivity index (χ1v) is 37.0. The van der Waals surface area contributed by atoms with Crippen molar-refractivity contribution in [2.24, 2.45) is 0 Å². The number of carboxylic acids is 1. The lowest BCUT2D eigenvalue weighted by Gasteiger charge is -2.26. The number of aliphatic carboxylic acids is 1. The number of likely N-dealkylation sites (N-methyl/N-ethyl adjacent to an activating group) is 1. The Morgan fingerprint density at radius 1 is 0.330 bits per heavy atom. The van der Waals surface area contributed by atoms with E-state index in [-0.39, 0.29) is 38.6 Å². The molecule has 0 saturated heterocycles. The van der Waals surface area contributed by atoms with Crippen LogP contribution in [0.2, 0.25) is 0 Å². The standard InChI is InChI=1S/C82H137NO8/c1-6-8-10-12-14-16-18-20-22-24-26-28-30-32-34-36-38-39-40-41-43-45-47-49-51-53-55-57-59-61-63-65-67-69-71-73-80(85)91-78(77-90-82(81(86)87)88-75-74-83(3,4)5)76-89-79(84)72-70-68-66-64-62-60-58-56-54-52-50-48-46-44-42-37-35-33-31-29-27-25-23-21-19-17-15-13-11-9-7-2/h8-11,14-17,20-23,26-29,32-35,38-39,41,43,78,82H,6-7,12-13,18-19,24-25,30-31,36-37,40,42,44-77H2,1-5H3/b10-8-,11-9-,16-14-,17-15-,22-20-,23-21-,28-26-,29-27-,34-32-,35-33-,39-38-,43-41-. The van der Waals surface area contributed by atoms with E-state index >= 15 is 0 Å². The fraction of sp³-hybridized carbons (Fsp3) is 0.671. The Balaban J connectivity index is 4.11. The number of carbonyl (C=O) groups excluding carboxylic acids is 3. The summed E-state index contributed by atoms with van der Waals surface area (Å²) in [5.41, 5.74) is 0. The minimum absolute atomic E-state index is 0.142. The fourth-order valence-corrected chi connectivity index (χ4v) is 10.0. The van der Waals surface area contributed by atoms with Crippen molar-refractivity contribution in [3.63, 3.8) is 0 Å². The summed E-state index contributed by atoms with van der Waals surface area (Å²) in [5.74, 6) is -2.28. The molecule has 0 saturated carbocycles. The molecule has 0 N–H and O–H groups in total. The first kappa shape index (κ1) is 86.2. The van der Waals surface area contributed by atoms with E-state index in [1.807, 2.05) is 21.1 Å². The van der Waals surface area contributed by atoms with Crippen molar-refractivity contribution in [3.8, 4) is 0 Å². The maximum absolute atomic E-state index is 13.0. The first-order valence-electron chi connectivity index (χ1n) is 37.0. The number of hydrogen-bond acceptors (Lipinski definition) is 8. The molecule has 518 valence electrons. The van der Waals surface area contributed by atoms with Crippen LogP contribution in [0, 0.1) is 0 Å². The molecule has 9 heteroatoms. The second-order valence-electron chi connectivity index (χ2n) is 25.5. The molecule has 0 aromatic carbocycles. The lowest BCUT2D eigenvalue weighted by molar-refractivity contribution is -0.870. The average Bonchev–Trinajstić information content (AvgIpc) is 3.46. The van der Waals surface area contributed by atoms with E-state index in [0.29, 0.717) is 17.4 Å².